The van der Waals surface area contributed by atoms with Crippen LogP contribution in [0, 0.1) is 0 Å². The highest BCUT2D eigenvalue weighted by molar-refractivity contribution is 9.10. The fourth-order valence-corrected chi connectivity index (χ4v) is 3.41. The van der Waals surface area contributed by atoms with Crippen molar-refractivity contribution in [1.29, 1.82) is 0 Å². The normalized spacial score (nSPS) is 11.6. The van der Waals surface area contributed by atoms with Crippen LogP contribution in [0.1, 0.15) is 30.9 Å². The maximum Gasteiger partial charge on any atom is 0.126 e. The van der Waals surface area contributed by atoms with Gasteiger partial charge in [-0.15, -0.1) is 11.3 Å². The number of nitrogens with zero attached hydrogens (tertiary/aromatic N) is 2. The Hall–Kier alpha value is -0.390. The summed E-state index contributed by atoms with van der Waals surface area (Å²) >= 11 is 9.50. The van der Waals surface area contributed by atoms with Gasteiger partial charge in [-0.25, -0.2) is 4.98 Å². The third-order valence-electron chi connectivity index (χ3n) is 1.90. The second-order valence-electron chi connectivity index (χ2n) is 3.09. The Balaban J connectivity index is 0.000000686. The molecular weight excluding hydrogens is 316 g/mol. The van der Waals surface area contributed by atoms with E-state index < -0.39 is 0 Å². The summed E-state index contributed by atoms with van der Waals surface area (Å²) in [5, 5.41) is 1.17. The number of aromatic nitrogens is 2. The molecule has 1 unspecified atom stereocenters. The zero-order valence-electron chi connectivity index (χ0n) is 10.0. The Morgan fingerprint density at radius 2 is 2.12 bits per heavy atom. The largest absolute Gasteiger partial charge is 0.264 e. The van der Waals surface area contributed by atoms with E-state index in [1.54, 1.807) is 17.5 Å². The average Bonchev–Trinajstić information content (AvgIpc) is 2.75. The van der Waals surface area contributed by atoms with Crippen molar-refractivity contribution in [3.63, 3.8) is 0 Å². The van der Waals surface area contributed by atoms with Gasteiger partial charge in [-0.1, -0.05) is 13.8 Å². The van der Waals surface area contributed by atoms with Crippen LogP contribution < -0.4 is 0 Å². The highest BCUT2D eigenvalue weighted by Gasteiger charge is 2.13. The predicted octanol–water partition coefficient (Wildman–Crippen LogP) is 4.98. The van der Waals surface area contributed by atoms with Crippen molar-refractivity contribution in [2.24, 2.45) is 0 Å². The van der Waals surface area contributed by atoms with E-state index in [9.17, 15) is 0 Å². The highest BCUT2D eigenvalue weighted by Crippen LogP contribution is 2.36. The first-order valence-corrected chi connectivity index (χ1v) is 7.55. The molecule has 0 fully saturated rings. The first kappa shape index (κ1) is 14.7. The average molecular weight is 331 g/mol. The first-order valence-electron chi connectivity index (χ1n) is 5.43. The summed E-state index contributed by atoms with van der Waals surface area (Å²) in [5.41, 5.74) is 1.04. The lowest BCUT2D eigenvalue weighted by molar-refractivity contribution is 1.12. The van der Waals surface area contributed by atoms with E-state index in [-0.39, 0.29) is 5.25 Å². The van der Waals surface area contributed by atoms with Gasteiger partial charge in [-0.05, 0) is 35.0 Å². The van der Waals surface area contributed by atoms with Gasteiger partial charge in [-0.2, -0.15) is 12.6 Å². The Morgan fingerprint density at radius 3 is 2.59 bits per heavy atom. The van der Waals surface area contributed by atoms with Gasteiger partial charge >= 0.3 is 0 Å². The minimum Gasteiger partial charge on any atom is -0.264 e. The molecule has 92 valence electrons. The molecule has 0 aliphatic rings. The smallest absolute Gasteiger partial charge is 0.126 e. The van der Waals surface area contributed by atoms with Crippen LogP contribution >= 0.6 is 39.9 Å². The number of pyridine rings is 1. The van der Waals surface area contributed by atoms with Crippen molar-refractivity contribution in [2.75, 3.05) is 0 Å². The summed E-state index contributed by atoms with van der Waals surface area (Å²) in [7, 11) is 0. The van der Waals surface area contributed by atoms with Gasteiger partial charge in [0.05, 0.1) is 4.88 Å². The summed E-state index contributed by atoms with van der Waals surface area (Å²) in [4.78, 5) is 9.68. The minimum absolute atomic E-state index is 0.197. The number of hydrogen-bond acceptors (Lipinski definition) is 4. The van der Waals surface area contributed by atoms with Crippen LogP contribution in [0.4, 0.5) is 0 Å². The van der Waals surface area contributed by atoms with Gasteiger partial charge in [-0.3, -0.25) is 4.98 Å². The van der Waals surface area contributed by atoms with E-state index in [2.05, 4.69) is 38.5 Å². The van der Waals surface area contributed by atoms with Crippen LogP contribution in [-0.2, 0) is 0 Å². The van der Waals surface area contributed by atoms with Gasteiger partial charge in [0.2, 0.25) is 0 Å². The van der Waals surface area contributed by atoms with Crippen molar-refractivity contribution in [3.05, 3.63) is 34.0 Å². The number of rotatable bonds is 2. The minimum atomic E-state index is 0.197. The molecule has 0 aliphatic carbocycles. The molecule has 0 aliphatic heterocycles. The quantitative estimate of drug-likeness (QED) is 0.785. The standard InChI is InChI=1S/C10H9BrN2S2.C2H6/c1-6(14)8-9(11)13-10(15-8)7-3-2-4-12-5-7;1-2/h2-6,14H,1H3;1-2H3. The van der Waals surface area contributed by atoms with Crippen LogP contribution in [0.5, 0.6) is 0 Å². The maximum atomic E-state index is 4.45. The molecule has 0 N–H and O–H groups in total. The topological polar surface area (TPSA) is 25.8 Å². The summed E-state index contributed by atoms with van der Waals surface area (Å²) in [6.45, 7) is 6.04. The van der Waals surface area contributed by atoms with E-state index in [1.807, 2.05) is 39.1 Å². The molecule has 0 radical (unpaired) electrons. The molecule has 0 saturated carbocycles. The maximum absolute atomic E-state index is 4.45. The van der Waals surface area contributed by atoms with Crippen molar-refractivity contribution >= 4 is 39.9 Å². The van der Waals surface area contributed by atoms with E-state index >= 15 is 0 Å². The van der Waals surface area contributed by atoms with Gasteiger partial charge in [0.25, 0.3) is 0 Å². The van der Waals surface area contributed by atoms with Crippen molar-refractivity contribution in [1.82, 2.24) is 9.97 Å². The van der Waals surface area contributed by atoms with Crippen molar-refractivity contribution < 1.29 is 0 Å². The molecule has 0 bridgehead atoms. The Labute approximate surface area is 120 Å². The fraction of sp³-hybridized carbons (Fsp3) is 0.333. The number of halogens is 1. The number of thiazole rings is 1. The predicted molar refractivity (Wildman–Crippen MR) is 81.8 cm³/mol. The van der Waals surface area contributed by atoms with Crippen LogP contribution in [-0.4, -0.2) is 9.97 Å². The first-order chi connectivity index (χ1) is 8.18. The zero-order valence-corrected chi connectivity index (χ0v) is 13.3. The number of hydrogen-bond donors (Lipinski definition) is 1. The van der Waals surface area contributed by atoms with Gasteiger partial charge in [0.15, 0.2) is 0 Å². The molecule has 5 heteroatoms. The lowest BCUT2D eigenvalue weighted by atomic mass is 10.3. The molecule has 0 amide bonds. The second kappa shape index (κ2) is 7.13. The third-order valence-corrected chi connectivity index (χ3v) is 4.48. The molecular formula is C12H15BrN2S2. The molecule has 0 spiro atoms. The summed E-state index contributed by atoms with van der Waals surface area (Å²) in [6, 6.07) is 3.92. The van der Waals surface area contributed by atoms with Crippen LogP contribution in [0.15, 0.2) is 29.1 Å². The lowest BCUT2D eigenvalue weighted by Crippen LogP contribution is -1.78. The van der Waals surface area contributed by atoms with Crippen LogP contribution in [0.25, 0.3) is 10.6 Å². The molecule has 2 nitrogen and oxygen atoms in total. The van der Waals surface area contributed by atoms with E-state index in [4.69, 9.17) is 0 Å². The molecule has 1 atom stereocenters. The Bertz CT molecular complexity index is 455. The van der Waals surface area contributed by atoms with E-state index in [0.717, 1.165) is 20.1 Å². The second-order valence-corrected chi connectivity index (χ2v) is 5.65. The molecule has 2 aromatic rings. The monoisotopic (exact) mass is 330 g/mol. The zero-order chi connectivity index (χ0) is 12.8. The number of thiol groups is 1. The van der Waals surface area contributed by atoms with Gasteiger partial charge in [0, 0.05) is 23.2 Å². The van der Waals surface area contributed by atoms with E-state index in [0.29, 0.717) is 0 Å². The Morgan fingerprint density at radius 1 is 1.41 bits per heavy atom. The van der Waals surface area contributed by atoms with Crippen molar-refractivity contribution in [3.8, 4) is 10.6 Å². The van der Waals surface area contributed by atoms with E-state index in [1.165, 1.54) is 0 Å². The molecule has 0 aromatic carbocycles. The fourth-order valence-electron chi connectivity index (χ4n) is 1.18. The third kappa shape index (κ3) is 3.79. The molecule has 2 aromatic heterocycles. The summed E-state index contributed by atoms with van der Waals surface area (Å²) in [6.07, 6.45) is 3.58. The van der Waals surface area contributed by atoms with Crippen LogP contribution in [0.3, 0.4) is 0 Å². The Kier molecular flexibility index (Phi) is 6.16. The summed E-state index contributed by atoms with van der Waals surface area (Å²) < 4.78 is 0.883. The molecule has 2 heterocycles. The molecule has 2 rings (SSSR count). The highest BCUT2D eigenvalue weighted by atomic mass is 79.9. The van der Waals surface area contributed by atoms with Gasteiger partial charge in [0.1, 0.15) is 9.61 Å². The van der Waals surface area contributed by atoms with Crippen LogP contribution in [0.2, 0.25) is 0 Å². The lowest BCUT2D eigenvalue weighted by Gasteiger charge is -1.97. The summed E-state index contributed by atoms with van der Waals surface area (Å²) in [5.74, 6) is 0. The molecule has 17 heavy (non-hydrogen) atoms. The van der Waals surface area contributed by atoms with Gasteiger partial charge < -0.3 is 0 Å². The van der Waals surface area contributed by atoms with Crippen molar-refractivity contribution in [2.45, 2.75) is 26.0 Å². The SMILES string of the molecule is CC.CC(S)c1sc(-c2cccnc2)nc1Br. The molecule has 0 saturated heterocycles.